The number of amides is 1. The Morgan fingerprint density at radius 3 is 2.64 bits per heavy atom. The molecule has 4 aromatic rings. The largest absolute Gasteiger partial charge is 0.435 e. The molecule has 44 heavy (non-hydrogen) atoms. The molecule has 0 spiro atoms. The molecule has 0 fully saturated rings. The fourth-order valence-electron chi connectivity index (χ4n) is 4.50. The second-order valence-corrected chi connectivity index (χ2v) is 18.3. The maximum atomic E-state index is 13.4. The summed E-state index contributed by atoms with van der Waals surface area (Å²) in [6, 6.07) is 5.57. The minimum absolute atomic E-state index is 0.0288. The summed E-state index contributed by atoms with van der Waals surface area (Å²) in [6.45, 7) is 10.6. The van der Waals surface area contributed by atoms with Gasteiger partial charge in [0, 0.05) is 56.8 Å². The fraction of sp³-hybridized carbons (Fsp3) is 0.433. The number of aliphatic imine (C=N–C) groups is 1. The van der Waals surface area contributed by atoms with Gasteiger partial charge in [-0.3, -0.25) is 14.5 Å². The summed E-state index contributed by atoms with van der Waals surface area (Å²) in [4.78, 5) is 27.0. The van der Waals surface area contributed by atoms with Crippen molar-refractivity contribution in [3.8, 4) is 17.1 Å². The predicted octanol–water partition coefficient (Wildman–Crippen LogP) is 5.43. The van der Waals surface area contributed by atoms with Gasteiger partial charge in [0.2, 0.25) is 0 Å². The molecule has 0 unspecified atom stereocenters. The van der Waals surface area contributed by atoms with Gasteiger partial charge in [-0.05, 0) is 45.0 Å². The second-order valence-electron chi connectivity index (χ2n) is 12.7. The number of nitrogens with one attached hydrogen (secondary N) is 1. The number of nitrogens with two attached hydrogens (primary N) is 1. The van der Waals surface area contributed by atoms with E-state index in [2.05, 4.69) is 39.7 Å². The Kier molecular flexibility index (Phi) is 9.84. The number of fused-ring (bicyclic) bond motifs is 2. The molecule has 0 saturated heterocycles. The van der Waals surface area contributed by atoms with E-state index in [-0.39, 0.29) is 24.9 Å². The SMILES string of the molecule is CN=CC(=CN)Cn1nc(-c2cnc3c(n2)c(C(=O)NC(C)(C)C)cn3COCC[Si](C)(C)C)c2cc(OC(F)F)ccc21. The van der Waals surface area contributed by atoms with Crippen LogP contribution in [-0.2, 0) is 18.0 Å². The predicted molar refractivity (Wildman–Crippen MR) is 171 cm³/mol. The Hall–Kier alpha value is -4.17. The summed E-state index contributed by atoms with van der Waals surface area (Å²) in [7, 11) is 0.342. The minimum Gasteiger partial charge on any atom is -0.435 e. The minimum atomic E-state index is -2.99. The molecule has 3 N–H and O–H groups in total. The molecule has 11 nitrogen and oxygen atoms in total. The number of ether oxygens (including phenoxy) is 2. The van der Waals surface area contributed by atoms with Crippen molar-refractivity contribution in [2.45, 2.75) is 71.9 Å². The average molecular weight is 627 g/mol. The number of carbonyl (C=O) groups excluding carboxylic acids is 1. The van der Waals surface area contributed by atoms with Gasteiger partial charge in [0.1, 0.15) is 29.4 Å². The number of hydrogen-bond donors (Lipinski definition) is 2. The normalized spacial score (nSPS) is 13.1. The van der Waals surface area contributed by atoms with E-state index in [4.69, 9.17) is 20.6 Å². The highest BCUT2D eigenvalue weighted by Gasteiger charge is 2.24. The first-order chi connectivity index (χ1) is 20.7. The van der Waals surface area contributed by atoms with Gasteiger partial charge in [-0.15, -0.1) is 0 Å². The van der Waals surface area contributed by atoms with Crippen molar-refractivity contribution in [1.82, 2.24) is 29.6 Å². The van der Waals surface area contributed by atoms with Gasteiger partial charge in [0.25, 0.3) is 5.91 Å². The Bertz CT molecular complexity index is 1700. The van der Waals surface area contributed by atoms with Gasteiger partial charge in [0.15, 0.2) is 5.65 Å². The highest BCUT2D eigenvalue weighted by atomic mass is 28.3. The van der Waals surface area contributed by atoms with E-state index < -0.39 is 20.2 Å². The van der Waals surface area contributed by atoms with Crippen molar-refractivity contribution in [1.29, 1.82) is 0 Å². The molecule has 0 atom stereocenters. The van der Waals surface area contributed by atoms with Crippen LogP contribution in [0.25, 0.3) is 33.5 Å². The van der Waals surface area contributed by atoms with E-state index in [0.717, 1.165) is 6.04 Å². The number of allylic oxidation sites excluding steroid dienone is 1. The molecular weight excluding hydrogens is 586 g/mol. The van der Waals surface area contributed by atoms with Crippen LogP contribution < -0.4 is 15.8 Å². The van der Waals surface area contributed by atoms with Crippen LogP contribution in [0.4, 0.5) is 8.78 Å². The molecule has 1 amide bonds. The van der Waals surface area contributed by atoms with Crippen LogP contribution in [0.3, 0.4) is 0 Å². The van der Waals surface area contributed by atoms with Crippen LogP contribution in [0.15, 0.2) is 47.4 Å². The maximum absolute atomic E-state index is 13.4. The summed E-state index contributed by atoms with van der Waals surface area (Å²) in [6.07, 6.45) is 6.28. The quantitative estimate of drug-likeness (QED) is 0.122. The summed E-state index contributed by atoms with van der Waals surface area (Å²) >= 11 is 0. The van der Waals surface area contributed by atoms with Crippen LogP contribution >= 0.6 is 0 Å². The number of nitrogens with zero attached hydrogens (tertiary/aromatic N) is 6. The van der Waals surface area contributed by atoms with Crippen molar-refractivity contribution in [3.63, 3.8) is 0 Å². The molecule has 0 aliphatic rings. The summed E-state index contributed by atoms with van der Waals surface area (Å²) in [5.41, 5.74) is 8.51. The van der Waals surface area contributed by atoms with E-state index in [1.165, 1.54) is 18.3 Å². The van der Waals surface area contributed by atoms with Crippen LogP contribution in [0, 0.1) is 0 Å². The number of carbonyl (C=O) groups is 1. The first kappa shape index (κ1) is 32.7. The maximum Gasteiger partial charge on any atom is 0.387 e. The molecule has 3 heterocycles. The molecule has 236 valence electrons. The van der Waals surface area contributed by atoms with Gasteiger partial charge in [-0.2, -0.15) is 13.9 Å². The molecule has 0 aliphatic heterocycles. The summed E-state index contributed by atoms with van der Waals surface area (Å²) in [5, 5.41) is 8.27. The lowest BCUT2D eigenvalue weighted by atomic mass is 10.1. The second kappa shape index (κ2) is 13.2. The highest BCUT2D eigenvalue weighted by Crippen LogP contribution is 2.32. The molecule has 0 saturated carbocycles. The standard InChI is InChI=1S/C30H40F2N8O3Si/c1-30(2,3)37-28(41)22-17-39(18-42-10-11-44(5,6)7)27-26(22)36-23(15-35-27)25-21-12-20(43-29(31)32)8-9-24(21)40(38-25)16-19(13-33)14-34-4/h8-9,12-15,17,29H,10-11,16,18,33H2,1-7H3,(H,37,41). The molecule has 0 radical (unpaired) electrons. The molecule has 14 heteroatoms. The third-order valence-electron chi connectivity index (χ3n) is 6.56. The lowest BCUT2D eigenvalue weighted by molar-refractivity contribution is -0.0497. The monoisotopic (exact) mass is 626 g/mol. The first-order valence-corrected chi connectivity index (χ1v) is 17.9. The summed E-state index contributed by atoms with van der Waals surface area (Å²) in [5.74, 6) is -0.340. The van der Waals surface area contributed by atoms with Crippen molar-refractivity contribution in [3.05, 3.63) is 47.9 Å². The Morgan fingerprint density at radius 2 is 2.00 bits per heavy atom. The van der Waals surface area contributed by atoms with E-state index in [1.54, 1.807) is 41.0 Å². The lowest BCUT2D eigenvalue weighted by Crippen LogP contribution is -2.40. The van der Waals surface area contributed by atoms with E-state index in [1.807, 2.05) is 20.8 Å². The Balaban J connectivity index is 1.84. The molecule has 0 bridgehead atoms. The third kappa shape index (κ3) is 8.05. The van der Waals surface area contributed by atoms with E-state index >= 15 is 0 Å². The highest BCUT2D eigenvalue weighted by molar-refractivity contribution is 6.76. The molecule has 0 aliphatic carbocycles. The van der Waals surface area contributed by atoms with E-state index in [0.29, 0.717) is 51.2 Å². The zero-order valence-corrected chi connectivity index (χ0v) is 27.2. The molecule has 4 rings (SSSR count). The number of alkyl halides is 2. The van der Waals surface area contributed by atoms with Crippen LogP contribution in [0.2, 0.25) is 25.7 Å². The smallest absolute Gasteiger partial charge is 0.387 e. The van der Waals surface area contributed by atoms with Crippen molar-refractivity contribution >= 4 is 42.3 Å². The van der Waals surface area contributed by atoms with E-state index in [9.17, 15) is 13.6 Å². The summed E-state index contributed by atoms with van der Waals surface area (Å²) < 4.78 is 40.3. The van der Waals surface area contributed by atoms with Gasteiger partial charge >= 0.3 is 6.61 Å². The molecule has 1 aromatic carbocycles. The van der Waals surface area contributed by atoms with Crippen molar-refractivity contribution in [2.24, 2.45) is 10.7 Å². The van der Waals surface area contributed by atoms with Crippen molar-refractivity contribution in [2.75, 3.05) is 13.7 Å². The van der Waals surface area contributed by atoms with Crippen molar-refractivity contribution < 1.29 is 23.0 Å². The first-order valence-electron chi connectivity index (χ1n) is 14.2. The average Bonchev–Trinajstić information content (AvgIpc) is 3.46. The Morgan fingerprint density at radius 1 is 1.25 bits per heavy atom. The van der Waals surface area contributed by atoms with Gasteiger partial charge in [-0.1, -0.05) is 19.6 Å². The third-order valence-corrected chi connectivity index (χ3v) is 8.26. The fourth-order valence-corrected chi connectivity index (χ4v) is 5.26. The van der Waals surface area contributed by atoms with Crippen LogP contribution in [0.1, 0.15) is 31.1 Å². The zero-order chi connectivity index (χ0) is 32.2. The topological polar surface area (TPSA) is 134 Å². The van der Waals surface area contributed by atoms with Crippen LogP contribution in [0.5, 0.6) is 5.75 Å². The number of aromatic nitrogens is 5. The van der Waals surface area contributed by atoms with Gasteiger partial charge in [-0.25, -0.2) is 9.97 Å². The number of hydrogen-bond acceptors (Lipinski definition) is 8. The van der Waals surface area contributed by atoms with Crippen LogP contribution in [-0.4, -0.2) is 70.3 Å². The lowest BCUT2D eigenvalue weighted by Gasteiger charge is -2.20. The molecule has 3 aromatic heterocycles. The number of rotatable bonds is 12. The molecular formula is C30H40F2N8O3Si. The number of halogens is 2. The van der Waals surface area contributed by atoms with Gasteiger partial charge < -0.3 is 25.1 Å². The zero-order valence-electron chi connectivity index (χ0n) is 26.2. The number of benzene rings is 1. The Labute approximate surface area is 256 Å². The van der Waals surface area contributed by atoms with Gasteiger partial charge in [0.05, 0.1) is 23.8 Å².